The highest BCUT2D eigenvalue weighted by Crippen LogP contribution is 2.42. The third-order valence-corrected chi connectivity index (χ3v) is 7.50. The Kier molecular flexibility index (Phi) is 7.30. The first-order valence-corrected chi connectivity index (χ1v) is 14.1. The van der Waals surface area contributed by atoms with Gasteiger partial charge in [-0.05, 0) is 67.8 Å². The minimum absolute atomic E-state index is 0.0648. The first kappa shape index (κ1) is 26.7. The third kappa shape index (κ3) is 4.99. The van der Waals surface area contributed by atoms with Gasteiger partial charge in [0.25, 0.3) is 5.91 Å². The van der Waals surface area contributed by atoms with Gasteiger partial charge in [0, 0.05) is 6.54 Å². The Labute approximate surface area is 238 Å². The molecule has 0 fully saturated rings. The summed E-state index contributed by atoms with van der Waals surface area (Å²) < 4.78 is 29.2. The van der Waals surface area contributed by atoms with E-state index >= 15 is 0 Å². The van der Waals surface area contributed by atoms with Crippen molar-refractivity contribution in [2.45, 2.75) is 52.6 Å². The summed E-state index contributed by atoms with van der Waals surface area (Å²) >= 11 is 0. The molecule has 1 unspecified atom stereocenters. The molecule has 0 aliphatic carbocycles. The molecule has 3 aromatic carbocycles. The van der Waals surface area contributed by atoms with E-state index in [-0.39, 0.29) is 30.4 Å². The van der Waals surface area contributed by atoms with Gasteiger partial charge in [-0.3, -0.25) is 9.59 Å². The smallest absolute Gasteiger partial charge is 0.291 e. The van der Waals surface area contributed by atoms with E-state index in [0.29, 0.717) is 52.7 Å². The second kappa shape index (κ2) is 11.2. The molecule has 2 aliphatic rings. The highest BCUT2D eigenvalue weighted by Gasteiger charge is 2.43. The van der Waals surface area contributed by atoms with E-state index in [1.807, 2.05) is 62.4 Å². The third-order valence-electron chi connectivity index (χ3n) is 7.50. The van der Waals surface area contributed by atoms with Crippen molar-refractivity contribution in [3.8, 4) is 23.0 Å². The number of unbranched alkanes of at least 4 members (excludes halogenated alkanes) is 2. The molecule has 41 heavy (non-hydrogen) atoms. The molecule has 0 N–H and O–H groups in total. The van der Waals surface area contributed by atoms with Crippen molar-refractivity contribution in [1.82, 2.24) is 4.90 Å². The van der Waals surface area contributed by atoms with Crippen LogP contribution in [-0.2, 0) is 6.54 Å². The van der Waals surface area contributed by atoms with Gasteiger partial charge in [-0.15, -0.1) is 0 Å². The van der Waals surface area contributed by atoms with Crippen LogP contribution in [0.25, 0.3) is 11.0 Å². The highest BCUT2D eigenvalue weighted by molar-refractivity contribution is 5.99. The molecule has 0 spiro atoms. The summed E-state index contributed by atoms with van der Waals surface area (Å²) in [6.07, 6.45) is 3.14. The lowest BCUT2D eigenvalue weighted by molar-refractivity contribution is 0.0714. The van der Waals surface area contributed by atoms with Crippen LogP contribution < -0.4 is 24.4 Å². The van der Waals surface area contributed by atoms with Crippen LogP contribution in [0.1, 0.15) is 72.0 Å². The van der Waals surface area contributed by atoms with Crippen molar-refractivity contribution < 1.29 is 28.2 Å². The van der Waals surface area contributed by atoms with Crippen LogP contribution in [0.2, 0.25) is 0 Å². The SMILES string of the molecule is CCCCCOc1ccc(C2c3c(oc4ccc(C)cc4c3=O)C(=O)N2Cc2ccc3c(c2)OCO3)cc1OCC. The maximum atomic E-state index is 14.0. The average Bonchev–Trinajstić information content (AvgIpc) is 3.55. The van der Waals surface area contributed by atoms with Crippen LogP contribution in [0.3, 0.4) is 0 Å². The van der Waals surface area contributed by atoms with Gasteiger partial charge in [0.2, 0.25) is 12.6 Å². The predicted molar refractivity (Wildman–Crippen MR) is 154 cm³/mol. The second-order valence-electron chi connectivity index (χ2n) is 10.4. The van der Waals surface area contributed by atoms with E-state index in [2.05, 4.69) is 6.92 Å². The Hall–Kier alpha value is -4.46. The van der Waals surface area contributed by atoms with E-state index in [1.54, 1.807) is 11.0 Å². The molecule has 1 amide bonds. The molecule has 8 nitrogen and oxygen atoms in total. The number of hydrogen-bond acceptors (Lipinski definition) is 7. The van der Waals surface area contributed by atoms with Crippen LogP contribution in [0, 0.1) is 6.92 Å². The molecular weight excluding hydrogens is 522 g/mol. The lowest BCUT2D eigenvalue weighted by Crippen LogP contribution is -2.29. The first-order chi connectivity index (χ1) is 20.0. The first-order valence-electron chi connectivity index (χ1n) is 14.1. The molecular formula is C33H33NO7. The molecule has 2 aliphatic heterocycles. The number of rotatable bonds is 10. The van der Waals surface area contributed by atoms with Crippen LogP contribution in [0.5, 0.6) is 23.0 Å². The fraction of sp³-hybridized carbons (Fsp3) is 0.333. The molecule has 0 bridgehead atoms. The van der Waals surface area contributed by atoms with Crippen molar-refractivity contribution in [2.24, 2.45) is 0 Å². The van der Waals surface area contributed by atoms with Crippen molar-refractivity contribution in [1.29, 1.82) is 0 Å². The summed E-state index contributed by atoms with van der Waals surface area (Å²) in [5.74, 6) is 2.22. The molecule has 212 valence electrons. The van der Waals surface area contributed by atoms with Crippen LogP contribution in [-0.4, -0.2) is 30.8 Å². The number of nitrogens with zero attached hydrogens (tertiary/aromatic N) is 1. The predicted octanol–water partition coefficient (Wildman–Crippen LogP) is 6.54. The summed E-state index contributed by atoms with van der Waals surface area (Å²) in [4.78, 5) is 29.6. The van der Waals surface area contributed by atoms with Gasteiger partial charge in [-0.1, -0.05) is 43.5 Å². The van der Waals surface area contributed by atoms with Crippen molar-refractivity contribution in [2.75, 3.05) is 20.0 Å². The number of fused-ring (bicyclic) bond motifs is 3. The van der Waals surface area contributed by atoms with Gasteiger partial charge < -0.3 is 28.3 Å². The number of ether oxygens (including phenoxy) is 4. The monoisotopic (exact) mass is 555 g/mol. The molecule has 0 saturated carbocycles. The van der Waals surface area contributed by atoms with E-state index in [4.69, 9.17) is 23.4 Å². The lowest BCUT2D eigenvalue weighted by Gasteiger charge is -2.26. The molecule has 0 radical (unpaired) electrons. The van der Waals surface area contributed by atoms with Crippen molar-refractivity contribution >= 4 is 16.9 Å². The van der Waals surface area contributed by atoms with Crippen molar-refractivity contribution in [3.63, 3.8) is 0 Å². The lowest BCUT2D eigenvalue weighted by atomic mass is 9.97. The standard InChI is InChI=1S/C33H33NO7/c1-4-6-7-14-38-25-13-10-22(17-28(25)37-5-2)30-29-31(35)23-15-20(3)8-11-24(23)41-32(29)33(36)34(30)18-21-9-12-26-27(16-21)40-19-39-26/h8-13,15-17,30H,4-7,14,18-19H2,1-3H3. The summed E-state index contributed by atoms with van der Waals surface area (Å²) in [6.45, 7) is 7.42. The van der Waals surface area contributed by atoms with Crippen LogP contribution in [0.15, 0.2) is 63.8 Å². The Morgan fingerprint density at radius 2 is 1.76 bits per heavy atom. The summed E-state index contributed by atoms with van der Waals surface area (Å²) in [6, 6.07) is 16.0. The molecule has 3 heterocycles. The topological polar surface area (TPSA) is 87.4 Å². The average molecular weight is 556 g/mol. The van der Waals surface area contributed by atoms with Gasteiger partial charge in [-0.2, -0.15) is 0 Å². The van der Waals surface area contributed by atoms with Gasteiger partial charge in [0.1, 0.15) is 5.58 Å². The minimum atomic E-state index is -0.683. The zero-order valence-electron chi connectivity index (χ0n) is 23.5. The maximum Gasteiger partial charge on any atom is 0.291 e. The summed E-state index contributed by atoms with van der Waals surface area (Å²) in [5.41, 5.74) is 3.02. The molecule has 1 aromatic heterocycles. The molecule has 6 rings (SSSR count). The zero-order chi connectivity index (χ0) is 28.5. The number of hydrogen-bond donors (Lipinski definition) is 0. The van der Waals surface area contributed by atoms with E-state index in [0.717, 1.165) is 36.0 Å². The minimum Gasteiger partial charge on any atom is -0.490 e. The Morgan fingerprint density at radius 3 is 2.59 bits per heavy atom. The molecule has 8 heteroatoms. The highest BCUT2D eigenvalue weighted by atomic mass is 16.7. The van der Waals surface area contributed by atoms with E-state index in [1.165, 1.54) is 0 Å². The molecule has 4 aromatic rings. The van der Waals surface area contributed by atoms with E-state index < -0.39 is 6.04 Å². The molecule has 0 saturated heterocycles. The molecule has 1 atom stereocenters. The van der Waals surface area contributed by atoms with Crippen molar-refractivity contribution in [3.05, 3.63) is 92.8 Å². The quantitative estimate of drug-likeness (QED) is 0.205. The van der Waals surface area contributed by atoms with Gasteiger partial charge in [0.15, 0.2) is 28.4 Å². The van der Waals surface area contributed by atoms with Crippen LogP contribution >= 0.6 is 0 Å². The number of carbonyl (C=O) groups is 1. The summed E-state index contributed by atoms with van der Waals surface area (Å²) in [7, 11) is 0. The van der Waals surface area contributed by atoms with Gasteiger partial charge in [-0.25, -0.2) is 0 Å². The van der Waals surface area contributed by atoms with E-state index in [9.17, 15) is 9.59 Å². The number of aryl methyl sites for hydroxylation is 1. The number of carbonyl (C=O) groups excluding carboxylic acids is 1. The fourth-order valence-electron chi connectivity index (χ4n) is 5.50. The normalized spacial score (nSPS) is 15.4. The summed E-state index contributed by atoms with van der Waals surface area (Å²) in [5, 5.41) is 0.451. The maximum absolute atomic E-state index is 14.0. The Bertz CT molecular complexity index is 1670. The zero-order valence-corrected chi connectivity index (χ0v) is 23.5. The largest absolute Gasteiger partial charge is 0.490 e. The fourth-order valence-corrected chi connectivity index (χ4v) is 5.50. The van der Waals surface area contributed by atoms with Gasteiger partial charge in [0.05, 0.1) is 30.2 Å². The van der Waals surface area contributed by atoms with Crippen LogP contribution in [0.4, 0.5) is 0 Å². The number of amides is 1. The Morgan fingerprint density at radius 1 is 0.902 bits per heavy atom. The number of benzene rings is 3. The second-order valence-corrected chi connectivity index (χ2v) is 10.4. The Balaban J connectivity index is 1.45. The van der Waals surface area contributed by atoms with Gasteiger partial charge >= 0.3 is 0 Å².